The van der Waals surface area contributed by atoms with Crippen LogP contribution in [0.25, 0.3) is 0 Å². The Morgan fingerprint density at radius 1 is 0.833 bits per heavy atom. The first-order valence-corrected chi connectivity index (χ1v) is 7.09. The Morgan fingerprint density at radius 3 is 1.38 bits per heavy atom. The van der Waals surface area contributed by atoms with Crippen molar-refractivity contribution in [3.05, 3.63) is 46.2 Å². The Labute approximate surface area is 139 Å². The van der Waals surface area contributed by atoms with Gasteiger partial charge in [-0.25, -0.2) is 0 Å². The minimum Gasteiger partial charge on any atom is -0.510 e. The summed E-state index contributed by atoms with van der Waals surface area (Å²) in [6.45, 7) is 6.08. The van der Waals surface area contributed by atoms with Gasteiger partial charge in [-0.3, -0.25) is 9.59 Å². The van der Waals surface area contributed by atoms with E-state index in [4.69, 9.17) is 11.5 Å². The van der Waals surface area contributed by atoms with Crippen LogP contribution in [0, 0.1) is 13.8 Å². The summed E-state index contributed by atoms with van der Waals surface area (Å²) < 4.78 is 0. The highest BCUT2D eigenvalue weighted by molar-refractivity contribution is 6.05. The Bertz CT molecular complexity index is 679. The normalized spacial score (nSPS) is 12.8. The average molecular weight is 334 g/mol. The number of aliphatic hydroxyl groups excluding tert-OH is 2. The molecule has 1 aromatic carbocycles. The fraction of sp³-hybridized carbons (Fsp3) is 0.250. The second-order valence-corrected chi connectivity index (χ2v) is 5.39. The van der Waals surface area contributed by atoms with Gasteiger partial charge in [0.1, 0.15) is 22.9 Å². The molecule has 8 N–H and O–H groups in total. The first kappa shape index (κ1) is 18.9. The van der Waals surface area contributed by atoms with Crippen molar-refractivity contribution in [2.24, 2.45) is 11.5 Å². The Balaban J connectivity index is 3.07. The molecule has 0 aromatic heterocycles. The molecule has 24 heavy (non-hydrogen) atoms. The highest BCUT2D eigenvalue weighted by Crippen LogP contribution is 2.25. The molecule has 0 fully saturated rings. The van der Waals surface area contributed by atoms with Gasteiger partial charge in [-0.1, -0.05) is 0 Å². The largest absolute Gasteiger partial charge is 0.510 e. The monoisotopic (exact) mass is 334 g/mol. The number of aryl methyl sites for hydroxylation is 2. The zero-order chi connectivity index (χ0) is 18.6. The van der Waals surface area contributed by atoms with Crippen molar-refractivity contribution in [1.29, 1.82) is 0 Å². The van der Waals surface area contributed by atoms with E-state index in [2.05, 4.69) is 10.6 Å². The highest BCUT2D eigenvalue weighted by Gasteiger charge is 2.14. The van der Waals surface area contributed by atoms with Crippen molar-refractivity contribution < 1.29 is 19.8 Å². The standard InChI is InChI=1S/C16H22N4O4/c1-7-5-12(20-16(24)14(18)10(4)22)8(2)6-11(7)19-15(23)13(17)9(3)21/h5-6,21-22H,17-18H2,1-4H3,(H,19,23)(H,20,24). The Kier molecular flexibility index (Phi) is 5.83. The molecule has 0 aliphatic carbocycles. The Morgan fingerprint density at radius 2 is 1.12 bits per heavy atom. The summed E-state index contributed by atoms with van der Waals surface area (Å²) in [7, 11) is 0. The fourth-order valence-electron chi connectivity index (χ4n) is 1.79. The van der Waals surface area contributed by atoms with Crippen LogP contribution in [0.3, 0.4) is 0 Å². The molecule has 8 heteroatoms. The maximum Gasteiger partial charge on any atom is 0.275 e. The summed E-state index contributed by atoms with van der Waals surface area (Å²) in [4.78, 5) is 23.7. The molecule has 130 valence electrons. The van der Waals surface area contributed by atoms with Gasteiger partial charge in [0, 0.05) is 11.4 Å². The van der Waals surface area contributed by atoms with E-state index in [0.29, 0.717) is 22.5 Å². The van der Waals surface area contributed by atoms with Crippen LogP contribution in [0.4, 0.5) is 11.4 Å². The summed E-state index contributed by atoms with van der Waals surface area (Å²) in [5.41, 5.74) is 12.7. The lowest BCUT2D eigenvalue weighted by Gasteiger charge is -2.14. The molecule has 0 aliphatic rings. The minimum absolute atomic E-state index is 0.271. The van der Waals surface area contributed by atoms with Crippen LogP contribution in [0.5, 0.6) is 0 Å². The molecular weight excluding hydrogens is 312 g/mol. The van der Waals surface area contributed by atoms with Gasteiger partial charge in [0.05, 0.1) is 0 Å². The van der Waals surface area contributed by atoms with E-state index in [9.17, 15) is 19.8 Å². The predicted molar refractivity (Wildman–Crippen MR) is 92.2 cm³/mol. The lowest BCUT2D eigenvalue weighted by Crippen LogP contribution is -2.23. The van der Waals surface area contributed by atoms with Gasteiger partial charge >= 0.3 is 0 Å². The summed E-state index contributed by atoms with van der Waals surface area (Å²) in [6, 6.07) is 3.29. The second-order valence-electron chi connectivity index (χ2n) is 5.39. The van der Waals surface area contributed by atoms with Gasteiger partial charge in [-0.15, -0.1) is 0 Å². The average Bonchev–Trinajstić information content (AvgIpc) is 2.49. The molecule has 0 unspecified atom stereocenters. The van der Waals surface area contributed by atoms with Gasteiger partial charge in [0.2, 0.25) is 0 Å². The van der Waals surface area contributed by atoms with Crippen LogP contribution >= 0.6 is 0 Å². The first-order valence-electron chi connectivity index (χ1n) is 7.09. The van der Waals surface area contributed by atoms with Crippen LogP contribution in [0.2, 0.25) is 0 Å². The van der Waals surface area contributed by atoms with Crippen LogP contribution in [-0.2, 0) is 9.59 Å². The maximum absolute atomic E-state index is 11.9. The summed E-state index contributed by atoms with van der Waals surface area (Å²) in [5, 5.41) is 23.7. The highest BCUT2D eigenvalue weighted by atomic mass is 16.3. The van der Waals surface area contributed by atoms with Crippen molar-refractivity contribution in [1.82, 2.24) is 0 Å². The molecule has 0 spiro atoms. The van der Waals surface area contributed by atoms with E-state index in [1.807, 2.05) is 0 Å². The number of aliphatic hydroxyl groups is 2. The molecule has 0 heterocycles. The zero-order valence-corrected chi connectivity index (χ0v) is 14.0. The molecule has 0 bridgehead atoms. The van der Waals surface area contributed by atoms with Crippen LogP contribution in [0.1, 0.15) is 25.0 Å². The van der Waals surface area contributed by atoms with Crippen LogP contribution < -0.4 is 22.1 Å². The third-order valence-electron chi connectivity index (χ3n) is 3.34. The number of nitrogens with one attached hydrogen (secondary N) is 2. The van der Waals surface area contributed by atoms with Crippen LogP contribution in [0.15, 0.2) is 35.0 Å². The number of nitrogens with two attached hydrogens (primary N) is 2. The van der Waals surface area contributed by atoms with E-state index in [-0.39, 0.29) is 22.9 Å². The summed E-state index contributed by atoms with van der Waals surface area (Å²) >= 11 is 0. The fourth-order valence-corrected chi connectivity index (χ4v) is 1.79. The van der Waals surface area contributed by atoms with Gasteiger partial charge in [-0.2, -0.15) is 0 Å². The molecule has 8 nitrogen and oxygen atoms in total. The Hall–Kier alpha value is -3.16. The van der Waals surface area contributed by atoms with E-state index in [1.165, 1.54) is 13.8 Å². The number of hydrogen-bond donors (Lipinski definition) is 6. The number of allylic oxidation sites excluding steroid dienone is 2. The van der Waals surface area contributed by atoms with E-state index in [0.717, 1.165) is 0 Å². The van der Waals surface area contributed by atoms with Crippen molar-refractivity contribution in [2.45, 2.75) is 27.7 Å². The molecule has 1 rings (SSSR count). The number of anilines is 2. The third-order valence-corrected chi connectivity index (χ3v) is 3.34. The molecule has 0 aliphatic heterocycles. The number of hydrogen-bond acceptors (Lipinski definition) is 6. The third kappa shape index (κ3) is 4.42. The van der Waals surface area contributed by atoms with Crippen molar-refractivity contribution in [3.8, 4) is 0 Å². The number of carbonyl (C=O) groups is 2. The molecule has 1 aromatic rings. The molecule has 0 saturated heterocycles. The lowest BCUT2D eigenvalue weighted by atomic mass is 10.1. The first-order chi connectivity index (χ1) is 11.0. The molecular formula is C16H22N4O4. The van der Waals surface area contributed by atoms with Crippen LogP contribution in [-0.4, -0.2) is 22.0 Å². The SMILES string of the molecule is CC(O)=C(N)C(=O)Nc1cc(C)c(NC(=O)C(N)=C(C)O)cc1C. The second kappa shape index (κ2) is 7.40. The number of benzene rings is 1. The molecule has 0 atom stereocenters. The topological polar surface area (TPSA) is 151 Å². The zero-order valence-electron chi connectivity index (χ0n) is 14.0. The van der Waals surface area contributed by atoms with Crippen molar-refractivity contribution in [2.75, 3.05) is 10.6 Å². The van der Waals surface area contributed by atoms with E-state index >= 15 is 0 Å². The van der Waals surface area contributed by atoms with Gasteiger partial charge in [0.15, 0.2) is 0 Å². The van der Waals surface area contributed by atoms with Crippen molar-refractivity contribution >= 4 is 23.2 Å². The molecule has 0 saturated carbocycles. The molecule has 0 radical (unpaired) electrons. The number of rotatable bonds is 4. The number of amides is 2. The summed E-state index contributed by atoms with van der Waals surface area (Å²) in [6.07, 6.45) is 0. The summed E-state index contributed by atoms with van der Waals surface area (Å²) in [5.74, 6) is -1.80. The van der Waals surface area contributed by atoms with Gasteiger partial charge < -0.3 is 32.3 Å². The van der Waals surface area contributed by atoms with E-state index < -0.39 is 11.8 Å². The lowest BCUT2D eigenvalue weighted by molar-refractivity contribution is -0.113. The van der Waals surface area contributed by atoms with Crippen molar-refractivity contribution in [3.63, 3.8) is 0 Å². The van der Waals surface area contributed by atoms with E-state index in [1.54, 1.807) is 26.0 Å². The smallest absolute Gasteiger partial charge is 0.275 e. The number of carbonyl (C=O) groups excluding carboxylic acids is 2. The van der Waals surface area contributed by atoms with Gasteiger partial charge in [0.25, 0.3) is 11.8 Å². The van der Waals surface area contributed by atoms with Gasteiger partial charge in [-0.05, 0) is 51.0 Å². The molecule has 2 amide bonds. The predicted octanol–water partition coefficient (Wildman–Crippen LogP) is 1.68. The quantitative estimate of drug-likeness (QED) is 0.364. The maximum atomic E-state index is 11.9. The minimum atomic E-state index is -0.627.